The Morgan fingerprint density at radius 1 is 1.25 bits per heavy atom. The molecule has 1 aliphatic rings. The zero-order valence-corrected chi connectivity index (χ0v) is 16.7. The van der Waals surface area contributed by atoms with Crippen molar-refractivity contribution in [3.63, 3.8) is 0 Å². The van der Waals surface area contributed by atoms with Gasteiger partial charge in [0.1, 0.15) is 10.8 Å². The van der Waals surface area contributed by atoms with Gasteiger partial charge in [-0.25, -0.2) is 4.98 Å². The molecule has 0 saturated carbocycles. The number of benzene rings is 1. The van der Waals surface area contributed by atoms with E-state index in [2.05, 4.69) is 10.3 Å². The average molecular weight is 394 g/mol. The minimum Gasteiger partial charge on any atom is -0.497 e. The summed E-state index contributed by atoms with van der Waals surface area (Å²) in [6.07, 6.45) is 5.09. The number of pyridine rings is 1. The summed E-state index contributed by atoms with van der Waals surface area (Å²) in [5.74, 6) is 1.02. The number of hydrogen-bond acceptors (Lipinski definition) is 5. The highest BCUT2D eigenvalue weighted by Crippen LogP contribution is 2.34. The molecule has 0 saturated heterocycles. The lowest BCUT2D eigenvalue weighted by molar-refractivity contribution is -0.125. The fraction of sp³-hybridized carbons (Fsp3) is 0.318. The molecular formula is C22H23N3O2S. The molecule has 4 rings (SSSR count). The first-order valence-corrected chi connectivity index (χ1v) is 10.3. The van der Waals surface area contributed by atoms with Crippen molar-refractivity contribution in [2.75, 3.05) is 13.7 Å². The molecule has 0 spiro atoms. The molecule has 1 N–H and O–H groups in total. The van der Waals surface area contributed by atoms with Crippen molar-refractivity contribution < 1.29 is 9.53 Å². The predicted molar refractivity (Wildman–Crippen MR) is 111 cm³/mol. The van der Waals surface area contributed by atoms with Gasteiger partial charge in [-0.3, -0.25) is 9.78 Å². The predicted octanol–water partition coefficient (Wildman–Crippen LogP) is 3.68. The quantitative estimate of drug-likeness (QED) is 0.694. The number of carbonyl (C=O) groups excluding carboxylic acids is 1. The van der Waals surface area contributed by atoms with Gasteiger partial charge >= 0.3 is 0 Å². The Balaban J connectivity index is 1.32. The Kier molecular flexibility index (Phi) is 5.67. The van der Waals surface area contributed by atoms with Crippen molar-refractivity contribution in [3.8, 4) is 16.5 Å². The van der Waals surface area contributed by atoms with E-state index >= 15 is 0 Å². The monoisotopic (exact) mass is 393 g/mol. The van der Waals surface area contributed by atoms with Crippen molar-refractivity contribution in [2.24, 2.45) is 5.92 Å². The van der Waals surface area contributed by atoms with Gasteiger partial charge in [0.15, 0.2) is 0 Å². The van der Waals surface area contributed by atoms with Crippen molar-refractivity contribution in [3.05, 3.63) is 64.8 Å². The number of thiazole rings is 1. The molecule has 1 unspecified atom stereocenters. The summed E-state index contributed by atoms with van der Waals surface area (Å²) < 4.78 is 5.17. The lowest BCUT2D eigenvalue weighted by Gasteiger charge is -2.20. The zero-order valence-electron chi connectivity index (χ0n) is 15.9. The Hall–Kier alpha value is -2.73. The minimum atomic E-state index is 0.0281. The molecule has 28 heavy (non-hydrogen) atoms. The third-order valence-electron chi connectivity index (χ3n) is 5.07. The second-order valence-corrected chi connectivity index (χ2v) is 8.02. The highest BCUT2D eigenvalue weighted by atomic mass is 32.1. The molecule has 1 aliphatic carbocycles. The maximum Gasteiger partial charge on any atom is 0.223 e. The molecule has 2 heterocycles. The van der Waals surface area contributed by atoms with Crippen LogP contribution in [0.25, 0.3) is 10.7 Å². The van der Waals surface area contributed by atoms with E-state index in [0.717, 1.165) is 47.8 Å². The van der Waals surface area contributed by atoms with Crippen LogP contribution in [0.5, 0.6) is 5.75 Å². The first kappa shape index (κ1) is 18.6. The second kappa shape index (κ2) is 8.52. The van der Waals surface area contributed by atoms with Crippen LogP contribution in [-0.4, -0.2) is 29.5 Å². The molecule has 1 aromatic carbocycles. The summed E-state index contributed by atoms with van der Waals surface area (Å²) in [6, 6.07) is 13.8. The number of nitrogens with one attached hydrogen (secondary N) is 1. The maximum atomic E-state index is 12.6. The van der Waals surface area contributed by atoms with Gasteiger partial charge in [-0.2, -0.15) is 0 Å². The topological polar surface area (TPSA) is 64.1 Å². The third kappa shape index (κ3) is 4.22. The summed E-state index contributed by atoms with van der Waals surface area (Å²) in [5, 5.41) is 4.05. The van der Waals surface area contributed by atoms with Crippen molar-refractivity contribution in [2.45, 2.75) is 25.7 Å². The number of rotatable bonds is 6. The lowest BCUT2D eigenvalue weighted by atomic mass is 9.90. The molecule has 0 fully saturated rings. The van der Waals surface area contributed by atoms with E-state index in [1.165, 1.54) is 10.4 Å². The van der Waals surface area contributed by atoms with Gasteiger partial charge in [0.2, 0.25) is 5.91 Å². The first-order valence-electron chi connectivity index (χ1n) is 9.53. The van der Waals surface area contributed by atoms with Crippen LogP contribution in [0.2, 0.25) is 0 Å². The SMILES string of the molecule is COc1ccc(CCNC(=O)C2CCc3nc(-c4ccccn4)sc3C2)cc1. The van der Waals surface area contributed by atoms with E-state index < -0.39 is 0 Å². The number of carbonyl (C=O) groups is 1. The van der Waals surface area contributed by atoms with Crippen LogP contribution in [0, 0.1) is 5.92 Å². The number of methoxy groups -OCH3 is 1. The Morgan fingerprint density at radius 3 is 2.86 bits per heavy atom. The molecule has 0 bridgehead atoms. The van der Waals surface area contributed by atoms with Crippen LogP contribution in [0.15, 0.2) is 48.7 Å². The maximum absolute atomic E-state index is 12.6. The zero-order chi connectivity index (χ0) is 19.3. The van der Waals surface area contributed by atoms with E-state index in [0.29, 0.717) is 6.54 Å². The fourth-order valence-electron chi connectivity index (χ4n) is 3.46. The summed E-state index contributed by atoms with van der Waals surface area (Å²) in [6.45, 7) is 0.649. The highest BCUT2D eigenvalue weighted by molar-refractivity contribution is 7.15. The largest absolute Gasteiger partial charge is 0.497 e. The third-order valence-corrected chi connectivity index (χ3v) is 6.21. The fourth-order valence-corrected chi connectivity index (χ4v) is 4.63. The second-order valence-electron chi connectivity index (χ2n) is 6.93. The Morgan fingerprint density at radius 2 is 2.11 bits per heavy atom. The molecule has 3 aromatic rings. The molecule has 144 valence electrons. The molecule has 1 atom stereocenters. The molecular weight excluding hydrogens is 370 g/mol. The summed E-state index contributed by atoms with van der Waals surface area (Å²) in [5.41, 5.74) is 3.23. The standard InChI is InChI=1S/C22H23N3O2S/c1-27-17-8-5-15(6-9-17)11-13-24-21(26)16-7-10-18-20(14-16)28-22(25-18)19-4-2-3-12-23-19/h2-6,8-9,12,16H,7,10-11,13-14H2,1H3,(H,24,26). The van der Waals surface area contributed by atoms with Crippen molar-refractivity contribution >= 4 is 17.2 Å². The van der Waals surface area contributed by atoms with Crippen LogP contribution in [0.4, 0.5) is 0 Å². The number of aryl methyl sites for hydroxylation is 1. The summed E-state index contributed by atoms with van der Waals surface area (Å²) in [4.78, 5) is 23.0. The molecule has 0 aliphatic heterocycles. The molecule has 5 nitrogen and oxygen atoms in total. The van der Waals surface area contributed by atoms with Gasteiger partial charge in [0.05, 0.1) is 18.5 Å². The summed E-state index contributed by atoms with van der Waals surface area (Å²) in [7, 11) is 1.66. The number of ether oxygens (including phenoxy) is 1. The number of hydrogen-bond donors (Lipinski definition) is 1. The van der Waals surface area contributed by atoms with Gasteiger partial charge < -0.3 is 10.1 Å². The van der Waals surface area contributed by atoms with E-state index in [9.17, 15) is 4.79 Å². The number of aromatic nitrogens is 2. The molecule has 0 radical (unpaired) electrons. The van der Waals surface area contributed by atoms with Crippen LogP contribution in [-0.2, 0) is 24.1 Å². The number of fused-ring (bicyclic) bond motifs is 1. The Labute approximate surface area is 168 Å². The van der Waals surface area contributed by atoms with Crippen LogP contribution >= 0.6 is 11.3 Å². The van der Waals surface area contributed by atoms with E-state index in [1.54, 1.807) is 24.6 Å². The minimum absolute atomic E-state index is 0.0281. The van der Waals surface area contributed by atoms with Gasteiger partial charge in [0, 0.05) is 23.5 Å². The van der Waals surface area contributed by atoms with Gasteiger partial charge in [-0.15, -0.1) is 11.3 Å². The first-order chi connectivity index (χ1) is 13.7. The smallest absolute Gasteiger partial charge is 0.223 e. The van der Waals surface area contributed by atoms with Crippen LogP contribution < -0.4 is 10.1 Å². The molecule has 1 amide bonds. The number of nitrogens with zero attached hydrogens (tertiary/aromatic N) is 2. The number of amides is 1. The van der Waals surface area contributed by atoms with Gasteiger partial charge in [-0.05, 0) is 55.5 Å². The van der Waals surface area contributed by atoms with Crippen LogP contribution in [0.1, 0.15) is 22.6 Å². The molecule has 6 heteroatoms. The summed E-state index contributed by atoms with van der Waals surface area (Å²) >= 11 is 1.67. The molecule has 2 aromatic heterocycles. The van der Waals surface area contributed by atoms with E-state index in [4.69, 9.17) is 9.72 Å². The van der Waals surface area contributed by atoms with Crippen molar-refractivity contribution in [1.29, 1.82) is 0 Å². The normalized spacial score (nSPS) is 15.7. The van der Waals surface area contributed by atoms with E-state index in [-0.39, 0.29) is 11.8 Å². The lowest BCUT2D eigenvalue weighted by Crippen LogP contribution is -2.35. The highest BCUT2D eigenvalue weighted by Gasteiger charge is 2.27. The van der Waals surface area contributed by atoms with E-state index in [1.807, 2.05) is 42.5 Å². The van der Waals surface area contributed by atoms with Crippen LogP contribution in [0.3, 0.4) is 0 Å². The average Bonchev–Trinajstić information content (AvgIpc) is 3.18. The van der Waals surface area contributed by atoms with Gasteiger partial charge in [-0.1, -0.05) is 18.2 Å². The van der Waals surface area contributed by atoms with Gasteiger partial charge in [0.25, 0.3) is 0 Å². The van der Waals surface area contributed by atoms with Crippen molar-refractivity contribution in [1.82, 2.24) is 15.3 Å². The Bertz CT molecular complexity index is 938.